The fourth-order valence-corrected chi connectivity index (χ4v) is 3.27. The molecule has 1 aromatic heterocycles. The Balaban J connectivity index is 1.76. The minimum Gasteiger partial charge on any atom is -0.349 e. The van der Waals surface area contributed by atoms with Gasteiger partial charge in [-0.2, -0.15) is 10.2 Å². The van der Waals surface area contributed by atoms with E-state index in [-0.39, 0.29) is 5.91 Å². The smallest absolute Gasteiger partial charge is 0.251 e. The van der Waals surface area contributed by atoms with Gasteiger partial charge in [-0.25, -0.2) is 4.39 Å². The van der Waals surface area contributed by atoms with E-state index in [0.29, 0.717) is 17.3 Å². The zero-order valence-corrected chi connectivity index (χ0v) is 15.7. The predicted octanol–water partition coefficient (Wildman–Crippen LogP) is 4.70. The minimum atomic E-state index is -1.56. The number of carbonyl (C=O) groups excluding carboxylic acids is 1. The Hall–Kier alpha value is -2.82. The van der Waals surface area contributed by atoms with Crippen LogP contribution in [0.2, 0.25) is 0 Å². The lowest BCUT2D eigenvalue weighted by Crippen LogP contribution is -2.25. The summed E-state index contributed by atoms with van der Waals surface area (Å²) in [6, 6.07) is 11.9. The average molecular weight is 363 g/mol. The zero-order valence-electron chi connectivity index (χ0n) is 15.7. The SMILES string of the molecule is Cc1ccc(C(=O)NC2CC2)cc1-c1ccc2c(C(C)(C)F)nncc2c1. The maximum atomic E-state index is 14.4. The second-order valence-corrected chi connectivity index (χ2v) is 7.75. The van der Waals surface area contributed by atoms with Gasteiger partial charge in [0, 0.05) is 22.4 Å². The van der Waals surface area contributed by atoms with E-state index in [1.165, 1.54) is 13.8 Å². The lowest BCUT2D eigenvalue weighted by molar-refractivity contribution is 0.0951. The van der Waals surface area contributed by atoms with Crippen LogP contribution in [0.3, 0.4) is 0 Å². The molecule has 3 aromatic rings. The molecular weight excluding hydrogens is 341 g/mol. The highest BCUT2D eigenvalue weighted by molar-refractivity contribution is 5.97. The standard InChI is InChI=1S/C22H22FN3O/c1-13-4-5-15(21(27)25-17-7-8-17)11-19(13)14-6-9-18-16(10-14)12-24-26-20(18)22(2,3)23/h4-6,9-12,17H,7-8H2,1-3H3,(H,25,27). The first-order valence-electron chi connectivity index (χ1n) is 9.19. The molecule has 1 aliphatic rings. The molecular formula is C22H22FN3O. The molecule has 138 valence electrons. The fourth-order valence-electron chi connectivity index (χ4n) is 3.27. The summed E-state index contributed by atoms with van der Waals surface area (Å²) in [6.45, 7) is 4.98. The van der Waals surface area contributed by atoms with Crippen molar-refractivity contribution in [1.82, 2.24) is 15.5 Å². The molecule has 0 atom stereocenters. The summed E-state index contributed by atoms with van der Waals surface area (Å²) in [5, 5.41) is 12.6. The number of alkyl halides is 1. The normalized spacial score (nSPS) is 14.4. The Kier molecular flexibility index (Phi) is 4.17. The van der Waals surface area contributed by atoms with Gasteiger partial charge in [-0.1, -0.05) is 18.2 Å². The van der Waals surface area contributed by atoms with Gasteiger partial charge >= 0.3 is 0 Å². The molecule has 0 aliphatic heterocycles. The van der Waals surface area contributed by atoms with Crippen molar-refractivity contribution in [3.63, 3.8) is 0 Å². The number of hydrogen-bond acceptors (Lipinski definition) is 3. The Labute approximate surface area is 157 Å². The van der Waals surface area contributed by atoms with Crippen molar-refractivity contribution in [2.75, 3.05) is 0 Å². The van der Waals surface area contributed by atoms with Gasteiger partial charge in [0.2, 0.25) is 0 Å². The van der Waals surface area contributed by atoms with Crippen LogP contribution in [-0.4, -0.2) is 22.1 Å². The number of rotatable bonds is 4. The summed E-state index contributed by atoms with van der Waals surface area (Å²) in [5.41, 5.74) is 2.45. The third-order valence-electron chi connectivity index (χ3n) is 4.95. The molecule has 1 N–H and O–H groups in total. The topological polar surface area (TPSA) is 54.9 Å². The average Bonchev–Trinajstić information content (AvgIpc) is 3.44. The molecule has 1 aliphatic carbocycles. The molecule has 2 aromatic carbocycles. The number of nitrogens with zero attached hydrogens (tertiary/aromatic N) is 2. The summed E-state index contributed by atoms with van der Waals surface area (Å²) in [4.78, 5) is 12.4. The largest absolute Gasteiger partial charge is 0.349 e. The van der Waals surface area contributed by atoms with E-state index in [1.807, 2.05) is 43.3 Å². The number of benzene rings is 2. The molecule has 1 saturated carbocycles. The summed E-state index contributed by atoms with van der Waals surface area (Å²) in [6.07, 6.45) is 3.76. The van der Waals surface area contributed by atoms with E-state index in [9.17, 15) is 9.18 Å². The number of aromatic nitrogens is 2. The molecule has 1 amide bonds. The lowest BCUT2D eigenvalue weighted by atomic mass is 9.94. The Morgan fingerprint density at radius 3 is 2.67 bits per heavy atom. The van der Waals surface area contributed by atoms with E-state index in [1.54, 1.807) is 6.20 Å². The number of nitrogens with one attached hydrogen (secondary N) is 1. The van der Waals surface area contributed by atoms with Crippen LogP contribution in [0.1, 0.15) is 48.3 Å². The Morgan fingerprint density at radius 2 is 1.96 bits per heavy atom. The molecule has 0 unspecified atom stereocenters. The predicted molar refractivity (Wildman–Crippen MR) is 104 cm³/mol. The second kappa shape index (κ2) is 6.41. The second-order valence-electron chi connectivity index (χ2n) is 7.75. The van der Waals surface area contributed by atoms with Crippen LogP contribution in [-0.2, 0) is 5.67 Å². The van der Waals surface area contributed by atoms with Crippen molar-refractivity contribution in [2.45, 2.75) is 45.3 Å². The Morgan fingerprint density at radius 1 is 1.19 bits per heavy atom. The van der Waals surface area contributed by atoms with E-state index in [0.717, 1.165) is 40.3 Å². The van der Waals surface area contributed by atoms with Gasteiger partial charge in [0.1, 0.15) is 11.4 Å². The molecule has 5 heteroatoms. The van der Waals surface area contributed by atoms with Gasteiger partial charge in [0.05, 0.1) is 6.20 Å². The van der Waals surface area contributed by atoms with Crippen LogP contribution in [0.4, 0.5) is 4.39 Å². The maximum absolute atomic E-state index is 14.4. The monoisotopic (exact) mass is 363 g/mol. The minimum absolute atomic E-state index is 0.0353. The maximum Gasteiger partial charge on any atom is 0.251 e. The summed E-state index contributed by atoms with van der Waals surface area (Å²) >= 11 is 0. The van der Waals surface area contributed by atoms with Crippen LogP contribution in [0.5, 0.6) is 0 Å². The van der Waals surface area contributed by atoms with Gasteiger partial charge < -0.3 is 5.32 Å². The van der Waals surface area contributed by atoms with E-state index in [2.05, 4.69) is 15.5 Å². The van der Waals surface area contributed by atoms with Crippen LogP contribution >= 0.6 is 0 Å². The highest BCUT2D eigenvalue weighted by Gasteiger charge is 2.25. The van der Waals surface area contributed by atoms with Crippen molar-refractivity contribution < 1.29 is 9.18 Å². The van der Waals surface area contributed by atoms with Gasteiger partial charge in [-0.3, -0.25) is 4.79 Å². The van der Waals surface area contributed by atoms with Gasteiger partial charge in [0.15, 0.2) is 0 Å². The van der Waals surface area contributed by atoms with Crippen molar-refractivity contribution >= 4 is 16.7 Å². The molecule has 4 nitrogen and oxygen atoms in total. The number of aryl methyl sites for hydroxylation is 1. The fraction of sp³-hybridized carbons (Fsp3) is 0.318. The molecule has 0 radical (unpaired) electrons. The summed E-state index contributed by atoms with van der Waals surface area (Å²) in [7, 11) is 0. The van der Waals surface area contributed by atoms with Crippen LogP contribution in [0.15, 0.2) is 42.6 Å². The van der Waals surface area contributed by atoms with Gasteiger partial charge in [-0.05, 0) is 68.5 Å². The number of hydrogen-bond donors (Lipinski definition) is 1. The third-order valence-corrected chi connectivity index (χ3v) is 4.95. The van der Waals surface area contributed by atoms with Crippen LogP contribution in [0, 0.1) is 6.92 Å². The number of amides is 1. The Bertz CT molecular complexity index is 1040. The van der Waals surface area contributed by atoms with E-state index >= 15 is 0 Å². The summed E-state index contributed by atoms with van der Waals surface area (Å²) in [5.74, 6) is -0.0353. The van der Waals surface area contributed by atoms with Crippen molar-refractivity contribution in [3.8, 4) is 11.1 Å². The number of fused-ring (bicyclic) bond motifs is 1. The first-order valence-corrected chi connectivity index (χ1v) is 9.19. The third kappa shape index (κ3) is 3.54. The molecule has 4 rings (SSSR count). The lowest BCUT2D eigenvalue weighted by Gasteiger charge is -2.16. The summed E-state index contributed by atoms with van der Waals surface area (Å²) < 4.78 is 14.4. The van der Waals surface area contributed by atoms with Crippen molar-refractivity contribution in [2.24, 2.45) is 0 Å². The van der Waals surface area contributed by atoms with Crippen molar-refractivity contribution in [1.29, 1.82) is 0 Å². The zero-order chi connectivity index (χ0) is 19.2. The van der Waals surface area contributed by atoms with Gasteiger partial charge in [0.25, 0.3) is 5.91 Å². The first-order chi connectivity index (χ1) is 12.8. The first kappa shape index (κ1) is 17.6. The highest BCUT2D eigenvalue weighted by Crippen LogP contribution is 2.33. The molecule has 0 bridgehead atoms. The quantitative estimate of drug-likeness (QED) is 0.731. The van der Waals surface area contributed by atoms with Crippen molar-refractivity contribution in [3.05, 3.63) is 59.4 Å². The molecule has 27 heavy (non-hydrogen) atoms. The van der Waals surface area contributed by atoms with E-state index in [4.69, 9.17) is 0 Å². The van der Waals surface area contributed by atoms with E-state index < -0.39 is 5.67 Å². The number of halogens is 1. The van der Waals surface area contributed by atoms with Gasteiger partial charge in [-0.15, -0.1) is 0 Å². The van der Waals surface area contributed by atoms with Crippen LogP contribution < -0.4 is 5.32 Å². The molecule has 1 fully saturated rings. The molecule has 0 saturated heterocycles. The molecule has 0 spiro atoms. The highest BCUT2D eigenvalue weighted by atomic mass is 19.1. The van der Waals surface area contributed by atoms with Crippen LogP contribution in [0.25, 0.3) is 21.9 Å². The molecule has 1 heterocycles. The number of carbonyl (C=O) groups is 1.